The molecule has 2 fully saturated rings. The van der Waals surface area contributed by atoms with Gasteiger partial charge in [0.15, 0.2) is 0 Å². The van der Waals surface area contributed by atoms with Crippen LogP contribution in [0.15, 0.2) is 24.4 Å². The van der Waals surface area contributed by atoms with Crippen LogP contribution in [-0.4, -0.2) is 64.1 Å². The number of H-pyrrole nitrogens is 1. The van der Waals surface area contributed by atoms with E-state index in [0.29, 0.717) is 12.5 Å². The summed E-state index contributed by atoms with van der Waals surface area (Å²) in [6, 6.07) is 6.61. The molecule has 1 amide bonds. The molecule has 5 nitrogen and oxygen atoms in total. The highest BCUT2D eigenvalue weighted by atomic mass is 16.3. The van der Waals surface area contributed by atoms with Crippen molar-refractivity contribution < 1.29 is 9.90 Å². The van der Waals surface area contributed by atoms with Crippen LogP contribution in [0.25, 0.3) is 10.9 Å². The van der Waals surface area contributed by atoms with Crippen LogP contribution >= 0.6 is 0 Å². The molecular formula is C20H27N3O2. The molecule has 25 heavy (non-hydrogen) atoms. The molecule has 0 radical (unpaired) electrons. The summed E-state index contributed by atoms with van der Waals surface area (Å²) in [4.78, 5) is 20.3. The molecule has 2 atom stereocenters. The van der Waals surface area contributed by atoms with Crippen LogP contribution in [0, 0.1) is 6.92 Å². The number of aromatic nitrogens is 1. The second kappa shape index (κ2) is 6.81. The molecule has 134 valence electrons. The molecule has 1 saturated heterocycles. The fraction of sp³-hybridized carbons (Fsp3) is 0.550. The highest BCUT2D eigenvalue weighted by Gasteiger charge is 2.33. The number of hydrogen-bond acceptors (Lipinski definition) is 3. The third-order valence-electron chi connectivity index (χ3n) is 5.84. The minimum Gasteiger partial charge on any atom is -0.391 e. The van der Waals surface area contributed by atoms with Crippen LogP contribution in [0.2, 0.25) is 0 Å². The van der Waals surface area contributed by atoms with E-state index in [2.05, 4.69) is 35.0 Å². The van der Waals surface area contributed by atoms with E-state index in [1.54, 1.807) is 0 Å². The lowest BCUT2D eigenvalue weighted by Crippen LogP contribution is -2.53. The number of benzene rings is 1. The molecule has 2 N–H and O–H groups in total. The first kappa shape index (κ1) is 16.6. The van der Waals surface area contributed by atoms with Crippen molar-refractivity contribution in [2.24, 2.45) is 0 Å². The lowest BCUT2D eigenvalue weighted by atomic mass is 10.1. The number of fused-ring (bicyclic) bond motifs is 1. The molecule has 5 heteroatoms. The number of carbonyl (C=O) groups is 1. The number of aliphatic hydroxyl groups is 1. The molecule has 2 aromatic rings. The van der Waals surface area contributed by atoms with Gasteiger partial charge in [-0.15, -0.1) is 0 Å². The van der Waals surface area contributed by atoms with Gasteiger partial charge in [0.05, 0.1) is 12.5 Å². The predicted molar refractivity (Wildman–Crippen MR) is 98.5 cm³/mol. The standard InChI is InChI=1S/C20H27N3O2/c1-14-5-6-16-15(13-21-17(16)11-14)12-20(25)23-9-7-22(8-10-23)18-3-2-4-19(18)24/h5-6,11,13,18-19,21,24H,2-4,7-10,12H2,1H3/t18-,19-/m0/s1. The summed E-state index contributed by atoms with van der Waals surface area (Å²) in [5.74, 6) is 0.202. The Morgan fingerprint density at radius 3 is 2.76 bits per heavy atom. The maximum absolute atomic E-state index is 12.7. The molecule has 1 aromatic carbocycles. The van der Waals surface area contributed by atoms with Gasteiger partial charge in [0, 0.05) is 49.3 Å². The van der Waals surface area contributed by atoms with Crippen LogP contribution in [0.1, 0.15) is 30.4 Å². The molecule has 0 bridgehead atoms. The van der Waals surface area contributed by atoms with E-state index in [-0.39, 0.29) is 12.0 Å². The van der Waals surface area contributed by atoms with E-state index in [4.69, 9.17) is 0 Å². The Labute approximate surface area is 148 Å². The van der Waals surface area contributed by atoms with Crippen molar-refractivity contribution in [3.05, 3.63) is 35.5 Å². The number of aromatic amines is 1. The number of amides is 1. The quantitative estimate of drug-likeness (QED) is 0.899. The number of rotatable bonds is 3. The Bertz CT molecular complexity index is 761. The number of nitrogens with zero attached hydrogens (tertiary/aromatic N) is 2. The number of nitrogens with one attached hydrogen (secondary N) is 1. The fourth-order valence-corrected chi connectivity index (χ4v) is 4.37. The third kappa shape index (κ3) is 3.31. The first-order valence-corrected chi connectivity index (χ1v) is 9.38. The third-order valence-corrected chi connectivity index (χ3v) is 5.84. The summed E-state index contributed by atoms with van der Waals surface area (Å²) in [6.07, 6.45) is 5.36. The zero-order valence-corrected chi connectivity index (χ0v) is 14.9. The molecule has 0 spiro atoms. The number of hydrogen-bond donors (Lipinski definition) is 2. The first-order valence-electron chi connectivity index (χ1n) is 9.38. The fourth-order valence-electron chi connectivity index (χ4n) is 4.37. The number of aryl methyl sites for hydroxylation is 1. The Morgan fingerprint density at radius 1 is 1.24 bits per heavy atom. The lowest BCUT2D eigenvalue weighted by Gasteiger charge is -2.39. The number of piperazine rings is 1. The van der Waals surface area contributed by atoms with E-state index in [0.717, 1.165) is 61.9 Å². The van der Waals surface area contributed by atoms with E-state index >= 15 is 0 Å². The zero-order chi connectivity index (χ0) is 17.4. The second-order valence-electron chi connectivity index (χ2n) is 7.52. The van der Waals surface area contributed by atoms with Crippen molar-refractivity contribution in [1.82, 2.24) is 14.8 Å². The van der Waals surface area contributed by atoms with Gasteiger partial charge < -0.3 is 15.0 Å². The summed E-state index contributed by atoms with van der Waals surface area (Å²) in [6.45, 7) is 5.36. The van der Waals surface area contributed by atoms with Crippen molar-refractivity contribution in [3.8, 4) is 0 Å². The first-order chi connectivity index (χ1) is 12.1. The summed E-state index contributed by atoms with van der Waals surface area (Å²) >= 11 is 0. The summed E-state index contributed by atoms with van der Waals surface area (Å²) < 4.78 is 0. The van der Waals surface area contributed by atoms with Gasteiger partial charge in [0.2, 0.25) is 5.91 Å². The molecule has 2 aliphatic rings. The monoisotopic (exact) mass is 341 g/mol. The topological polar surface area (TPSA) is 59.6 Å². The average Bonchev–Trinajstić information content (AvgIpc) is 3.21. The molecular weight excluding hydrogens is 314 g/mol. The molecule has 1 saturated carbocycles. The van der Waals surface area contributed by atoms with E-state index < -0.39 is 0 Å². The minimum absolute atomic E-state index is 0.183. The highest BCUT2D eigenvalue weighted by molar-refractivity contribution is 5.89. The zero-order valence-electron chi connectivity index (χ0n) is 14.9. The van der Waals surface area contributed by atoms with Gasteiger partial charge in [-0.1, -0.05) is 12.1 Å². The molecule has 4 rings (SSSR count). The van der Waals surface area contributed by atoms with Gasteiger partial charge in [-0.05, 0) is 43.4 Å². The van der Waals surface area contributed by atoms with Gasteiger partial charge in [0.25, 0.3) is 0 Å². The molecule has 0 unspecified atom stereocenters. The largest absolute Gasteiger partial charge is 0.391 e. The maximum atomic E-state index is 12.7. The van der Waals surface area contributed by atoms with Gasteiger partial charge in [-0.2, -0.15) is 0 Å². The summed E-state index contributed by atoms with van der Waals surface area (Å²) in [5, 5.41) is 11.2. The van der Waals surface area contributed by atoms with Crippen LogP contribution in [0.3, 0.4) is 0 Å². The van der Waals surface area contributed by atoms with Gasteiger partial charge >= 0.3 is 0 Å². The number of aliphatic hydroxyl groups excluding tert-OH is 1. The highest BCUT2D eigenvalue weighted by Crippen LogP contribution is 2.25. The van der Waals surface area contributed by atoms with Crippen molar-refractivity contribution in [1.29, 1.82) is 0 Å². The van der Waals surface area contributed by atoms with Crippen LogP contribution in [0.5, 0.6) is 0 Å². The smallest absolute Gasteiger partial charge is 0.227 e. The SMILES string of the molecule is Cc1ccc2c(CC(=O)N3CCN([C@H]4CCC[C@@H]4O)CC3)c[nH]c2c1. The minimum atomic E-state index is -0.183. The Kier molecular flexibility index (Phi) is 4.52. The number of carbonyl (C=O) groups excluding carboxylic acids is 1. The normalized spacial score (nSPS) is 25.0. The lowest BCUT2D eigenvalue weighted by molar-refractivity contribution is -0.132. The summed E-state index contributed by atoms with van der Waals surface area (Å²) in [5.41, 5.74) is 3.40. The van der Waals surface area contributed by atoms with Gasteiger partial charge in [-0.3, -0.25) is 9.69 Å². The van der Waals surface area contributed by atoms with Gasteiger partial charge in [-0.25, -0.2) is 0 Å². The Balaban J connectivity index is 1.37. The molecule has 2 heterocycles. The van der Waals surface area contributed by atoms with Crippen LogP contribution in [0.4, 0.5) is 0 Å². The van der Waals surface area contributed by atoms with E-state index in [9.17, 15) is 9.90 Å². The van der Waals surface area contributed by atoms with Crippen molar-refractivity contribution >= 4 is 16.8 Å². The van der Waals surface area contributed by atoms with Crippen LogP contribution in [-0.2, 0) is 11.2 Å². The molecule has 1 aliphatic heterocycles. The van der Waals surface area contributed by atoms with E-state index in [1.165, 1.54) is 5.56 Å². The maximum Gasteiger partial charge on any atom is 0.227 e. The average molecular weight is 341 g/mol. The second-order valence-corrected chi connectivity index (χ2v) is 7.52. The van der Waals surface area contributed by atoms with Gasteiger partial charge in [0.1, 0.15) is 0 Å². The van der Waals surface area contributed by atoms with Crippen molar-refractivity contribution in [3.63, 3.8) is 0 Å². The Morgan fingerprint density at radius 2 is 2.04 bits per heavy atom. The predicted octanol–water partition coefficient (Wildman–Crippen LogP) is 2.08. The van der Waals surface area contributed by atoms with E-state index in [1.807, 2.05) is 11.1 Å². The molecule has 1 aromatic heterocycles. The van der Waals surface area contributed by atoms with Crippen molar-refractivity contribution in [2.45, 2.75) is 44.8 Å². The summed E-state index contributed by atoms with van der Waals surface area (Å²) in [7, 11) is 0. The Hall–Kier alpha value is -1.85. The van der Waals surface area contributed by atoms with Crippen LogP contribution < -0.4 is 0 Å². The molecule has 1 aliphatic carbocycles. The van der Waals surface area contributed by atoms with Crippen molar-refractivity contribution in [2.75, 3.05) is 26.2 Å².